The van der Waals surface area contributed by atoms with E-state index in [1.807, 2.05) is 30.3 Å². The Morgan fingerprint density at radius 3 is 2.41 bits per heavy atom. The summed E-state index contributed by atoms with van der Waals surface area (Å²) in [6.45, 7) is 0.722. The van der Waals surface area contributed by atoms with Crippen molar-refractivity contribution in [1.29, 1.82) is 0 Å². The number of nitrogens with one attached hydrogen (secondary N) is 1. The van der Waals surface area contributed by atoms with E-state index in [4.69, 9.17) is 4.74 Å². The summed E-state index contributed by atoms with van der Waals surface area (Å²) in [6, 6.07) is 8.62. The van der Waals surface area contributed by atoms with E-state index in [9.17, 15) is 22.8 Å². The summed E-state index contributed by atoms with van der Waals surface area (Å²) in [5.41, 5.74) is -0.204. The van der Waals surface area contributed by atoms with Gasteiger partial charge in [0, 0.05) is 18.5 Å². The maximum Gasteiger partial charge on any atom is 0.471 e. The Kier molecular flexibility index (Phi) is 5.46. The lowest BCUT2D eigenvalue weighted by Crippen LogP contribution is -2.54. The number of piperidine rings is 1. The van der Waals surface area contributed by atoms with E-state index in [0.717, 1.165) is 10.5 Å². The zero-order valence-corrected chi connectivity index (χ0v) is 15.1. The molecule has 0 radical (unpaired) electrons. The van der Waals surface area contributed by atoms with Gasteiger partial charge in [-0.2, -0.15) is 13.2 Å². The number of alkyl halides is 3. The van der Waals surface area contributed by atoms with Crippen LogP contribution in [0.4, 0.5) is 13.2 Å². The SMILES string of the molecule is COC(=O)C1(CN(C(=O)C(F)(F)F)[C@H]2C[C@@H]2c2ccccc2)CCNCC1. The Labute approximate surface area is 155 Å². The molecular formula is C19H23F3N2O3. The van der Waals surface area contributed by atoms with E-state index in [1.165, 1.54) is 7.11 Å². The summed E-state index contributed by atoms with van der Waals surface area (Å²) in [5.74, 6) is -2.58. The van der Waals surface area contributed by atoms with Gasteiger partial charge < -0.3 is 15.0 Å². The molecule has 1 aliphatic heterocycles. The van der Waals surface area contributed by atoms with Gasteiger partial charge in [0.1, 0.15) is 0 Å². The molecule has 0 spiro atoms. The van der Waals surface area contributed by atoms with E-state index in [0.29, 0.717) is 32.4 Å². The largest absolute Gasteiger partial charge is 0.471 e. The van der Waals surface area contributed by atoms with Crippen LogP contribution in [0.3, 0.4) is 0 Å². The molecular weight excluding hydrogens is 361 g/mol. The van der Waals surface area contributed by atoms with Gasteiger partial charge in [0.2, 0.25) is 0 Å². The smallest absolute Gasteiger partial charge is 0.469 e. The summed E-state index contributed by atoms with van der Waals surface area (Å²) < 4.78 is 44.7. The number of amides is 1. The molecule has 1 saturated heterocycles. The van der Waals surface area contributed by atoms with Crippen LogP contribution in [0.25, 0.3) is 0 Å². The molecule has 1 aromatic rings. The number of carbonyl (C=O) groups excluding carboxylic acids is 2. The van der Waals surface area contributed by atoms with Gasteiger partial charge >= 0.3 is 18.1 Å². The maximum absolute atomic E-state index is 13.3. The van der Waals surface area contributed by atoms with Gasteiger partial charge in [-0.1, -0.05) is 30.3 Å². The fourth-order valence-corrected chi connectivity index (χ4v) is 3.96. The van der Waals surface area contributed by atoms with Crippen molar-refractivity contribution >= 4 is 11.9 Å². The molecule has 2 fully saturated rings. The molecule has 1 amide bonds. The zero-order valence-electron chi connectivity index (χ0n) is 15.1. The number of hydrogen-bond acceptors (Lipinski definition) is 4. The summed E-state index contributed by atoms with van der Waals surface area (Å²) in [4.78, 5) is 25.5. The summed E-state index contributed by atoms with van der Waals surface area (Å²) in [5, 5.41) is 3.10. The standard InChI is InChI=1S/C19H23F3N2O3/c1-27-17(26)18(7-9-23-10-8-18)12-24(16(25)19(20,21)22)15-11-14(15)13-5-3-2-4-6-13/h2-6,14-15,23H,7-12H2,1H3/t14-,15+/m1/s1. The normalized spacial score (nSPS) is 24.1. The number of rotatable bonds is 5. The quantitative estimate of drug-likeness (QED) is 0.793. The van der Waals surface area contributed by atoms with Gasteiger partial charge in [-0.3, -0.25) is 9.59 Å². The van der Waals surface area contributed by atoms with E-state index < -0.39 is 29.5 Å². The molecule has 0 aromatic heterocycles. The van der Waals surface area contributed by atoms with E-state index >= 15 is 0 Å². The topological polar surface area (TPSA) is 58.6 Å². The first-order valence-corrected chi connectivity index (χ1v) is 9.00. The van der Waals surface area contributed by atoms with Gasteiger partial charge in [0.05, 0.1) is 12.5 Å². The number of carbonyl (C=O) groups is 2. The molecule has 2 aliphatic rings. The van der Waals surface area contributed by atoms with Crippen LogP contribution in [0, 0.1) is 5.41 Å². The Hall–Kier alpha value is -2.09. The summed E-state index contributed by atoms with van der Waals surface area (Å²) >= 11 is 0. The zero-order chi connectivity index (χ0) is 19.7. The van der Waals surface area contributed by atoms with E-state index in [1.54, 1.807) is 0 Å². The molecule has 8 heteroatoms. The third-order valence-corrected chi connectivity index (χ3v) is 5.54. The molecule has 0 unspecified atom stereocenters. The first kappa shape index (κ1) is 19.7. The van der Waals surface area contributed by atoms with E-state index in [-0.39, 0.29) is 12.5 Å². The molecule has 1 saturated carbocycles. The van der Waals surface area contributed by atoms with Gasteiger partial charge in [-0.25, -0.2) is 0 Å². The van der Waals surface area contributed by atoms with Crippen molar-refractivity contribution in [3.63, 3.8) is 0 Å². The van der Waals surface area contributed by atoms with Crippen molar-refractivity contribution in [2.75, 3.05) is 26.7 Å². The summed E-state index contributed by atoms with van der Waals surface area (Å²) in [6.07, 6.45) is -3.84. The van der Waals surface area contributed by atoms with Crippen molar-refractivity contribution in [2.24, 2.45) is 5.41 Å². The first-order chi connectivity index (χ1) is 12.8. The maximum atomic E-state index is 13.3. The Morgan fingerprint density at radius 2 is 1.85 bits per heavy atom. The van der Waals surface area contributed by atoms with Crippen LogP contribution in [0.15, 0.2) is 30.3 Å². The van der Waals surface area contributed by atoms with Crippen molar-refractivity contribution in [3.8, 4) is 0 Å². The molecule has 3 rings (SSSR count). The Bertz CT molecular complexity index is 687. The second kappa shape index (κ2) is 7.50. The van der Waals surface area contributed by atoms with Crippen molar-refractivity contribution in [2.45, 2.75) is 37.4 Å². The number of methoxy groups -OCH3 is 1. The van der Waals surface area contributed by atoms with Gasteiger partial charge in [0.15, 0.2) is 0 Å². The number of nitrogens with zero attached hydrogens (tertiary/aromatic N) is 1. The second-order valence-corrected chi connectivity index (χ2v) is 7.27. The molecule has 5 nitrogen and oxygen atoms in total. The fraction of sp³-hybridized carbons (Fsp3) is 0.579. The lowest BCUT2D eigenvalue weighted by Gasteiger charge is -2.39. The van der Waals surface area contributed by atoms with Crippen LogP contribution in [0.2, 0.25) is 0 Å². The molecule has 1 aromatic carbocycles. The van der Waals surface area contributed by atoms with Crippen molar-refractivity contribution < 1.29 is 27.5 Å². The van der Waals surface area contributed by atoms with Crippen LogP contribution < -0.4 is 5.32 Å². The number of esters is 1. The lowest BCUT2D eigenvalue weighted by atomic mass is 9.78. The summed E-state index contributed by atoms with van der Waals surface area (Å²) in [7, 11) is 1.23. The Balaban J connectivity index is 1.86. The minimum Gasteiger partial charge on any atom is -0.469 e. The molecule has 1 heterocycles. The number of hydrogen-bond donors (Lipinski definition) is 1. The van der Waals surface area contributed by atoms with Crippen molar-refractivity contribution in [3.05, 3.63) is 35.9 Å². The second-order valence-electron chi connectivity index (χ2n) is 7.27. The van der Waals surface area contributed by atoms with E-state index in [2.05, 4.69) is 5.32 Å². The molecule has 0 bridgehead atoms. The monoisotopic (exact) mass is 384 g/mol. The van der Waals surface area contributed by atoms with Gasteiger partial charge in [0.25, 0.3) is 0 Å². The van der Waals surface area contributed by atoms with Crippen LogP contribution in [0.1, 0.15) is 30.7 Å². The van der Waals surface area contributed by atoms with Gasteiger partial charge in [-0.05, 0) is 37.9 Å². The average Bonchev–Trinajstić information content (AvgIpc) is 3.46. The Morgan fingerprint density at radius 1 is 1.22 bits per heavy atom. The van der Waals surface area contributed by atoms with Crippen LogP contribution in [-0.2, 0) is 14.3 Å². The third-order valence-electron chi connectivity index (χ3n) is 5.54. The highest BCUT2D eigenvalue weighted by molar-refractivity contribution is 5.84. The number of halogens is 3. The predicted molar refractivity (Wildman–Crippen MR) is 91.9 cm³/mol. The molecule has 2 atom stereocenters. The first-order valence-electron chi connectivity index (χ1n) is 9.00. The minimum atomic E-state index is -4.98. The highest BCUT2D eigenvalue weighted by Crippen LogP contribution is 2.47. The molecule has 27 heavy (non-hydrogen) atoms. The fourth-order valence-electron chi connectivity index (χ4n) is 3.96. The molecule has 1 N–H and O–H groups in total. The highest BCUT2D eigenvalue weighted by atomic mass is 19.4. The average molecular weight is 384 g/mol. The number of ether oxygens (including phenoxy) is 1. The van der Waals surface area contributed by atoms with Crippen LogP contribution in [-0.4, -0.2) is 55.7 Å². The van der Waals surface area contributed by atoms with Crippen LogP contribution >= 0.6 is 0 Å². The molecule has 148 valence electrons. The van der Waals surface area contributed by atoms with Crippen LogP contribution in [0.5, 0.6) is 0 Å². The third kappa shape index (κ3) is 4.10. The minimum absolute atomic E-state index is 0.145. The highest BCUT2D eigenvalue weighted by Gasteiger charge is 2.55. The number of benzene rings is 1. The van der Waals surface area contributed by atoms with Gasteiger partial charge in [-0.15, -0.1) is 0 Å². The predicted octanol–water partition coefficient (Wildman–Crippen LogP) is 2.48. The van der Waals surface area contributed by atoms with Crippen molar-refractivity contribution in [1.82, 2.24) is 10.2 Å². The lowest BCUT2D eigenvalue weighted by molar-refractivity contribution is -0.189. The molecule has 1 aliphatic carbocycles.